The van der Waals surface area contributed by atoms with Crippen molar-refractivity contribution in [2.45, 2.75) is 76.3 Å². The topological polar surface area (TPSA) is 30.0 Å². The van der Waals surface area contributed by atoms with Gasteiger partial charge < -0.3 is 9.80 Å². The van der Waals surface area contributed by atoms with E-state index in [2.05, 4.69) is 70.1 Å². The van der Waals surface area contributed by atoms with E-state index in [1.165, 1.54) is 73.6 Å². The molecule has 2 heterocycles. The molecule has 0 bridgehead atoms. The maximum atomic E-state index is 14.4. The minimum Gasteiger partial charge on any atom is -0.304 e. The molecule has 40 heavy (non-hydrogen) atoms. The fourth-order valence-corrected chi connectivity index (χ4v) is 7.66. The van der Waals surface area contributed by atoms with Crippen LogP contribution in [0, 0.1) is 0 Å². The average Bonchev–Trinajstić information content (AvgIpc) is 3.71. The normalized spacial score (nSPS) is 22.9. The summed E-state index contributed by atoms with van der Waals surface area (Å²) in [6, 6.07) is 13.7. The van der Waals surface area contributed by atoms with Gasteiger partial charge in [0.05, 0.1) is 0 Å². The lowest BCUT2D eigenvalue weighted by Gasteiger charge is -2.32. The Kier molecular flexibility index (Phi) is 9.03. The summed E-state index contributed by atoms with van der Waals surface area (Å²) in [4.78, 5) is 24.4. The summed E-state index contributed by atoms with van der Waals surface area (Å²) in [5.41, 5.74) is 7.35. The van der Waals surface area contributed by atoms with Crippen molar-refractivity contribution in [1.82, 2.24) is 19.6 Å². The molecule has 2 aromatic carbocycles. The van der Waals surface area contributed by atoms with Gasteiger partial charge in [0.2, 0.25) is 0 Å². The monoisotopic (exact) mass is 542 g/mol. The highest BCUT2D eigenvalue weighted by Gasteiger charge is 2.28. The molecule has 4 fully saturated rings. The van der Waals surface area contributed by atoms with Crippen molar-refractivity contribution in [1.29, 1.82) is 0 Å². The summed E-state index contributed by atoms with van der Waals surface area (Å²) < 4.78 is 0. The van der Waals surface area contributed by atoms with Crippen molar-refractivity contribution in [2.24, 2.45) is 0 Å². The van der Waals surface area contributed by atoms with E-state index in [1.807, 2.05) is 0 Å². The first-order valence-electron chi connectivity index (χ1n) is 16.2. The summed E-state index contributed by atoms with van der Waals surface area (Å²) in [5, 5.41) is 0. The molecular weight excluding hydrogens is 492 g/mol. The van der Waals surface area contributed by atoms with Crippen molar-refractivity contribution in [2.75, 3.05) is 66.5 Å². The predicted molar refractivity (Wildman–Crippen MR) is 164 cm³/mol. The first-order valence-corrected chi connectivity index (χ1v) is 16.2. The number of carbonyl (C=O) groups excluding carboxylic acids is 1. The lowest BCUT2D eigenvalue weighted by molar-refractivity contribution is 0.103. The third-order valence-electron chi connectivity index (χ3n) is 10.3. The van der Waals surface area contributed by atoms with Gasteiger partial charge in [-0.15, -0.1) is 0 Å². The van der Waals surface area contributed by atoms with Gasteiger partial charge in [-0.25, -0.2) is 0 Å². The highest BCUT2D eigenvalue weighted by Crippen LogP contribution is 2.40. The largest absolute Gasteiger partial charge is 0.304 e. The van der Waals surface area contributed by atoms with Crippen LogP contribution in [0.15, 0.2) is 36.4 Å². The fourth-order valence-electron chi connectivity index (χ4n) is 7.66. The van der Waals surface area contributed by atoms with E-state index in [9.17, 15) is 4.79 Å². The molecule has 2 saturated heterocycles. The smallest absolute Gasteiger partial charge is 0.193 e. The van der Waals surface area contributed by atoms with Gasteiger partial charge in [0.25, 0.3) is 0 Å². The van der Waals surface area contributed by atoms with E-state index in [4.69, 9.17) is 0 Å². The zero-order chi connectivity index (χ0) is 27.5. The van der Waals surface area contributed by atoms with Gasteiger partial charge in [0.15, 0.2) is 5.78 Å². The van der Waals surface area contributed by atoms with Gasteiger partial charge in [-0.3, -0.25) is 14.6 Å². The molecule has 2 aliphatic carbocycles. The number of rotatable bonds is 8. The van der Waals surface area contributed by atoms with Crippen molar-refractivity contribution < 1.29 is 4.79 Å². The number of benzene rings is 2. The van der Waals surface area contributed by atoms with Crippen LogP contribution >= 0.6 is 0 Å². The molecule has 2 saturated carbocycles. The molecule has 6 rings (SSSR count). The van der Waals surface area contributed by atoms with Gasteiger partial charge in [-0.1, -0.05) is 62.1 Å². The molecule has 0 spiro atoms. The minimum absolute atomic E-state index is 0.265. The molecule has 5 nitrogen and oxygen atoms in total. The number of carbonyl (C=O) groups is 1. The number of nitrogens with zero attached hydrogens (tertiary/aromatic N) is 4. The van der Waals surface area contributed by atoms with Crippen LogP contribution in [0.2, 0.25) is 0 Å². The van der Waals surface area contributed by atoms with Gasteiger partial charge in [-0.05, 0) is 73.9 Å². The molecule has 0 unspecified atom stereocenters. The summed E-state index contributed by atoms with van der Waals surface area (Å²) in [6.45, 7) is 11.1. The number of likely N-dealkylation sites (N-methyl/N-ethyl adjacent to an activating group) is 2. The maximum absolute atomic E-state index is 14.4. The van der Waals surface area contributed by atoms with Crippen molar-refractivity contribution in [3.05, 3.63) is 69.8 Å². The van der Waals surface area contributed by atoms with Gasteiger partial charge in [0.1, 0.15) is 0 Å². The summed E-state index contributed by atoms with van der Waals surface area (Å²) >= 11 is 0. The highest BCUT2D eigenvalue weighted by molar-refractivity contribution is 6.11. The Hall–Kier alpha value is -2.05. The zero-order valence-electron chi connectivity index (χ0n) is 25.0. The molecule has 0 amide bonds. The second-order valence-electron chi connectivity index (χ2n) is 13.3. The van der Waals surface area contributed by atoms with E-state index in [-0.39, 0.29) is 5.78 Å². The summed E-state index contributed by atoms with van der Waals surface area (Å²) in [6.07, 6.45) is 10.0. The highest BCUT2D eigenvalue weighted by atomic mass is 16.1. The molecule has 2 aromatic rings. The van der Waals surface area contributed by atoms with E-state index in [0.717, 1.165) is 76.6 Å². The fraction of sp³-hybridized carbons (Fsp3) is 0.629. The Morgan fingerprint density at radius 3 is 1.35 bits per heavy atom. The molecule has 0 N–H and O–H groups in total. The van der Waals surface area contributed by atoms with E-state index >= 15 is 0 Å². The molecule has 2 aliphatic heterocycles. The first-order chi connectivity index (χ1) is 19.5. The van der Waals surface area contributed by atoms with Crippen LogP contribution in [0.5, 0.6) is 0 Å². The lowest BCUT2D eigenvalue weighted by Crippen LogP contribution is -2.43. The van der Waals surface area contributed by atoms with Gasteiger partial charge in [0, 0.05) is 76.6 Å². The zero-order valence-corrected chi connectivity index (χ0v) is 25.0. The predicted octanol–water partition coefficient (Wildman–Crippen LogP) is 5.73. The van der Waals surface area contributed by atoms with Crippen molar-refractivity contribution in [3.8, 4) is 0 Å². The van der Waals surface area contributed by atoms with Crippen LogP contribution in [-0.2, 0) is 13.1 Å². The molecule has 4 aliphatic rings. The molecule has 0 atom stereocenters. The molecule has 0 aromatic heterocycles. The number of piperazine rings is 2. The third-order valence-corrected chi connectivity index (χ3v) is 10.3. The van der Waals surface area contributed by atoms with Crippen molar-refractivity contribution in [3.63, 3.8) is 0 Å². The minimum atomic E-state index is 0.265. The molecular formula is C35H50N4O. The Morgan fingerprint density at radius 2 is 0.975 bits per heavy atom. The number of hydrogen-bond donors (Lipinski definition) is 0. The SMILES string of the molecule is CN1CCN(Cc2ccc(C(=O)c3ccc(CN4CCN(C)CC4)cc3C3CCCC3)c(C3CCCC3)c2)CC1. The van der Waals surface area contributed by atoms with Crippen LogP contribution < -0.4 is 0 Å². The standard InChI is InChI=1S/C35H50N4O/c1-36-15-19-38(20-16-36)25-27-11-13-31(33(23-27)29-7-3-4-8-29)35(40)32-14-12-28(24-34(32)30-9-5-6-10-30)26-39-21-17-37(2)18-22-39/h11-14,23-24,29-30H,3-10,15-22,25-26H2,1-2H3. The van der Waals surface area contributed by atoms with E-state index < -0.39 is 0 Å². The van der Waals surface area contributed by atoms with Gasteiger partial charge >= 0.3 is 0 Å². The first kappa shape index (κ1) is 28.1. The van der Waals surface area contributed by atoms with Crippen LogP contribution in [-0.4, -0.2) is 91.8 Å². The van der Waals surface area contributed by atoms with E-state index in [1.54, 1.807) is 0 Å². The lowest BCUT2D eigenvalue weighted by atomic mass is 9.83. The molecule has 0 radical (unpaired) electrons. The maximum Gasteiger partial charge on any atom is 0.193 e. The van der Waals surface area contributed by atoms with Crippen LogP contribution in [0.4, 0.5) is 0 Å². The van der Waals surface area contributed by atoms with Crippen LogP contribution in [0.25, 0.3) is 0 Å². The van der Waals surface area contributed by atoms with Crippen LogP contribution in [0.3, 0.4) is 0 Å². The number of ketones is 1. The summed E-state index contributed by atoms with van der Waals surface area (Å²) in [7, 11) is 4.43. The Morgan fingerprint density at radius 1 is 0.600 bits per heavy atom. The van der Waals surface area contributed by atoms with Crippen LogP contribution in [0.1, 0.15) is 101 Å². The number of hydrogen-bond acceptors (Lipinski definition) is 5. The molecule has 216 valence electrons. The Labute approximate surface area is 242 Å². The third kappa shape index (κ3) is 6.54. The van der Waals surface area contributed by atoms with Gasteiger partial charge in [-0.2, -0.15) is 0 Å². The van der Waals surface area contributed by atoms with Crippen molar-refractivity contribution >= 4 is 5.78 Å². The second kappa shape index (κ2) is 12.9. The quantitative estimate of drug-likeness (QED) is 0.398. The summed E-state index contributed by atoms with van der Waals surface area (Å²) in [5.74, 6) is 1.32. The van der Waals surface area contributed by atoms with E-state index in [0.29, 0.717) is 11.8 Å². The Bertz CT molecular complexity index is 1060. The average molecular weight is 543 g/mol. The Balaban J connectivity index is 1.28. The second-order valence-corrected chi connectivity index (χ2v) is 13.3. The molecule has 5 heteroatoms.